The van der Waals surface area contributed by atoms with Crippen LogP contribution in [0, 0.1) is 17.3 Å². The number of phenols is 2. The van der Waals surface area contributed by atoms with Crippen LogP contribution in [0.5, 0.6) is 11.5 Å². The van der Waals surface area contributed by atoms with E-state index in [1.807, 2.05) is 0 Å². The summed E-state index contributed by atoms with van der Waals surface area (Å²) in [5, 5.41) is 40.1. The number of fused-ring (bicyclic) bond motifs is 5. The first-order valence-corrected chi connectivity index (χ1v) is 8.32. The van der Waals surface area contributed by atoms with Crippen molar-refractivity contribution in [2.45, 2.75) is 57.2 Å². The fourth-order valence-electron chi connectivity index (χ4n) is 5.58. The van der Waals surface area contributed by atoms with Crippen molar-refractivity contribution < 1.29 is 20.4 Å². The van der Waals surface area contributed by atoms with E-state index in [0.29, 0.717) is 24.2 Å². The van der Waals surface area contributed by atoms with Crippen LogP contribution in [0.4, 0.5) is 0 Å². The summed E-state index contributed by atoms with van der Waals surface area (Å²) in [4.78, 5) is 0. The molecule has 0 aromatic heterocycles. The van der Waals surface area contributed by atoms with Crippen molar-refractivity contribution in [3.05, 3.63) is 23.3 Å². The molecule has 0 amide bonds. The predicted molar refractivity (Wildman–Crippen MR) is 81.8 cm³/mol. The third-order valence-electron chi connectivity index (χ3n) is 6.79. The molecule has 4 rings (SSSR count). The number of aliphatic hydroxyl groups is 2. The highest BCUT2D eigenvalue weighted by atomic mass is 16.3. The Kier molecular flexibility index (Phi) is 3.01. The molecule has 1 aromatic rings. The van der Waals surface area contributed by atoms with Gasteiger partial charge in [-0.3, -0.25) is 0 Å². The lowest BCUT2D eigenvalue weighted by atomic mass is 9.55. The highest BCUT2D eigenvalue weighted by Gasteiger charge is 2.57. The summed E-state index contributed by atoms with van der Waals surface area (Å²) in [6, 6.07) is 3.43. The second-order valence-corrected chi connectivity index (χ2v) is 7.75. The molecule has 2 saturated carbocycles. The van der Waals surface area contributed by atoms with Crippen LogP contribution in [0.1, 0.15) is 49.7 Å². The first kappa shape index (κ1) is 14.3. The molecule has 0 radical (unpaired) electrons. The zero-order chi connectivity index (χ0) is 15.6. The zero-order valence-electron chi connectivity index (χ0n) is 12.9. The van der Waals surface area contributed by atoms with Crippen molar-refractivity contribution in [2.24, 2.45) is 17.3 Å². The standard InChI is InChI=1S/C18H24O4/c1-18-5-4-10-11(13(18)8-16(21)17(18)22)3-2-9-6-14(19)15(20)7-12(9)10/h6-7,10-11,13,16-17,19-22H,2-5,8H2,1H3/t10?,11?,13?,16-,17?,18?/m1/s1. The lowest BCUT2D eigenvalue weighted by molar-refractivity contribution is -0.0505. The van der Waals surface area contributed by atoms with Crippen molar-refractivity contribution in [1.29, 1.82) is 0 Å². The number of rotatable bonds is 0. The van der Waals surface area contributed by atoms with Gasteiger partial charge in [0.1, 0.15) is 0 Å². The molecule has 22 heavy (non-hydrogen) atoms. The number of aromatic hydroxyl groups is 2. The quantitative estimate of drug-likeness (QED) is 0.554. The number of benzene rings is 1. The van der Waals surface area contributed by atoms with Gasteiger partial charge in [0.05, 0.1) is 12.2 Å². The maximum absolute atomic E-state index is 10.4. The van der Waals surface area contributed by atoms with E-state index in [9.17, 15) is 20.4 Å². The fourth-order valence-corrected chi connectivity index (χ4v) is 5.58. The van der Waals surface area contributed by atoms with E-state index < -0.39 is 12.2 Å². The van der Waals surface area contributed by atoms with Crippen LogP contribution in [-0.4, -0.2) is 32.6 Å². The maximum Gasteiger partial charge on any atom is 0.157 e. The minimum Gasteiger partial charge on any atom is -0.504 e. The summed E-state index contributed by atoms with van der Waals surface area (Å²) in [5.74, 6) is 1.07. The van der Waals surface area contributed by atoms with Crippen LogP contribution >= 0.6 is 0 Å². The summed E-state index contributed by atoms with van der Waals surface area (Å²) in [6.45, 7) is 2.12. The SMILES string of the molecule is CC12CCC3c4cc(O)c(O)cc4CCC3C1C[C@@H](O)C2O. The maximum atomic E-state index is 10.4. The largest absolute Gasteiger partial charge is 0.504 e. The molecule has 0 spiro atoms. The zero-order valence-corrected chi connectivity index (χ0v) is 12.9. The predicted octanol–water partition coefficient (Wildman–Crippen LogP) is 2.29. The van der Waals surface area contributed by atoms with Crippen molar-refractivity contribution in [2.75, 3.05) is 0 Å². The summed E-state index contributed by atoms with van der Waals surface area (Å²) in [6.07, 6.45) is 3.25. The molecule has 4 heteroatoms. The Labute approximate surface area is 130 Å². The normalized spacial score (nSPS) is 43.3. The molecule has 0 bridgehead atoms. The topological polar surface area (TPSA) is 80.9 Å². The number of hydrogen-bond acceptors (Lipinski definition) is 4. The molecule has 2 fully saturated rings. The van der Waals surface area contributed by atoms with Crippen molar-refractivity contribution in [3.63, 3.8) is 0 Å². The first-order chi connectivity index (χ1) is 10.4. The van der Waals surface area contributed by atoms with Crippen LogP contribution in [0.25, 0.3) is 0 Å². The Balaban J connectivity index is 1.73. The summed E-state index contributed by atoms with van der Waals surface area (Å²) in [5.41, 5.74) is 2.11. The Hall–Kier alpha value is -1.26. The van der Waals surface area contributed by atoms with E-state index in [0.717, 1.165) is 36.8 Å². The third-order valence-corrected chi connectivity index (χ3v) is 6.79. The number of aryl methyl sites for hydroxylation is 1. The molecule has 6 atom stereocenters. The molecule has 4 nitrogen and oxygen atoms in total. The average molecular weight is 304 g/mol. The Morgan fingerprint density at radius 3 is 2.59 bits per heavy atom. The summed E-state index contributed by atoms with van der Waals surface area (Å²) >= 11 is 0. The molecule has 5 unspecified atom stereocenters. The molecule has 0 saturated heterocycles. The van der Waals surface area contributed by atoms with Gasteiger partial charge in [-0.15, -0.1) is 0 Å². The van der Waals surface area contributed by atoms with E-state index in [1.165, 1.54) is 0 Å². The third kappa shape index (κ3) is 1.77. The smallest absolute Gasteiger partial charge is 0.157 e. The second kappa shape index (κ2) is 4.62. The van der Waals surface area contributed by atoms with Gasteiger partial charge < -0.3 is 20.4 Å². The summed E-state index contributed by atoms with van der Waals surface area (Å²) < 4.78 is 0. The van der Waals surface area contributed by atoms with Crippen molar-refractivity contribution in [1.82, 2.24) is 0 Å². The lowest BCUT2D eigenvalue weighted by Crippen LogP contribution is -2.44. The van der Waals surface area contributed by atoms with E-state index in [2.05, 4.69) is 6.92 Å². The van der Waals surface area contributed by atoms with E-state index >= 15 is 0 Å². The van der Waals surface area contributed by atoms with Crippen LogP contribution in [0.3, 0.4) is 0 Å². The van der Waals surface area contributed by atoms with Gasteiger partial charge >= 0.3 is 0 Å². The van der Waals surface area contributed by atoms with Crippen molar-refractivity contribution in [3.8, 4) is 11.5 Å². The molecule has 0 aliphatic heterocycles. The first-order valence-electron chi connectivity index (χ1n) is 8.32. The highest BCUT2D eigenvalue weighted by Crippen LogP contribution is 2.61. The lowest BCUT2D eigenvalue weighted by Gasteiger charge is -2.49. The van der Waals surface area contributed by atoms with Gasteiger partial charge in [-0.2, -0.15) is 0 Å². The number of phenolic OH excluding ortho intramolecular Hbond substituents is 2. The van der Waals surface area contributed by atoms with Gasteiger partial charge in [0.2, 0.25) is 0 Å². The van der Waals surface area contributed by atoms with Gasteiger partial charge in [0.25, 0.3) is 0 Å². The molecular weight excluding hydrogens is 280 g/mol. The van der Waals surface area contributed by atoms with Crippen molar-refractivity contribution >= 4 is 0 Å². The molecule has 0 heterocycles. The van der Waals surface area contributed by atoms with Crippen LogP contribution in [0.15, 0.2) is 12.1 Å². The fraction of sp³-hybridized carbons (Fsp3) is 0.667. The molecule has 1 aromatic carbocycles. The molecular formula is C18H24O4. The van der Waals surface area contributed by atoms with Crippen LogP contribution in [-0.2, 0) is 6.42 Å². The van der Waals surface area contributed by atoms with Gasteiger partial charge in [0.15, 0.2) is 11.5 Å². The number of hydrogen-bond donors (Lipinski definition) is 4. The molecule has 4 N–H and O–H groups in total. The van der Waals surface area contributed by atoms with E-state index in [1.54, 1.807) is 12.1 Å². The van der Waals surface area contributed by atoms with Crippen LogP contribution < -0.4 is 0 Å². The second-order valence-electron chi connectivity index (χ2n) is 7.75. The minimum absolute atomic E-state index is 0.0374. The minimum atomic E-state index is -0.618. The van der Waals surface area contributed by atoms with E-state index in [-0.39, 0.29) is 16.9 Å². The molecule has 120 valence electrons. The Bertz CT molecular complexity index is 613. The highest BCUT2D eigenvalue weighted by molar-refractivity contribution is 5.48. The Morgan fingerprint density at radius 2 is 1.82 bits per heavy atom. The number of aliphatic hydroxyl groups excluding tert-OH is 2. The van der Waals surface area contributed by atoms with Gasteiger partial charge in [-0.05, 0) is 78.5 Å². The van der Waals surface area contributed by atoms with Crippen LogP contribution in [0.2, 0.25) is 0 Å². The van der Waals surface area contributed by atoms with Gasteiger partial charge in [-0.1, -0.05) is 6.92 Å². The summed E-state index contributed by atoms with van der Waals surface area (Å²) in [7, 11) is 0. The Morgan fingerprint density at radius 1 is 1.09 bits per heavy atom. The van der Waals surface area contributed by atoms with Gasteiger partial charge in [-0.25, -0.2) is 0 Å². The van der Waals surface area contributed by atoms with Gasteiger partial charge in [0, 0.05) is 0 Å². The van der Waals surface area contributed by atoms with E-state index in [4.69, 9.17) is 0 Å². The molecule has 3 aliphatic carbocycles. The molecule has 3 aliphatic rings. The monoisotopic (exact) mass is 304 g/mol. The average Bonchev–Trinajstić information content (AvgIpc) is 2.72.